The van der Waals surface area contributed by atoms with Crippen LogP contribution in [0.2, 0.25) is 0 Å². The Morgan fingerprint density at radius 3 is 1.33 bits per heavy atom. The largest absolute Gasteiger partial charge is 0.508 e. The number of fused-ring (bicyclic) bond motifs is 2. The zero-order valence-corrected chi connectivity index (χ0v) is 79.2. The first-order valence-corrected chi connectivity index (χ1v) is 46.7. The Morgan fingerprint density at radius 2 is 0.826 bits per heavy atom. The highest BCUT2D eigenvalue weighted by molar-refractivity contribution is 6.02. The Kier molecular flexibility index (Phi) is 41.6. The van der Waals surface area contributed by atoms with Gasteiger partial charge in [0.2, 0.25) is 94.5 Å². The summed E-state index contributed by atoms with van der Waals surface area (Å²) < 4.78 is 0. The summed E-state index contributed by atoms with van der Waals surface area (Å²) in [5.41, 5.74) is 26.9. The second-order valence-corrected chi connectivity index (χ2v) is 36.9. The molecule has 26 N–H and O–H groups in total. The molecule has 2 aliphatic heterocycles. The van der Waals surface area contributed by atoms with Gasteiger partial charge in [-0.2, -0.15) is 0 Å². The predicted molar refractivity (Wildman–Crippen MR) is 506 cm³/mol. The van der Waals surface area contributed by atoms with Gasteiger partial charge in [-0.25, -0.2) is 4.79 Å². The van der Waals surface area contributed by atoms with Gasteiger partial charge in [-0.1, -0.05) is 134 Å². The van der Waals surface area contributed by atoms with Crippen molar-refractivity contribution in [2.75, 3.05) is 19.6 Å². The SMILES string of the molecule is CC(C)C[C@H](NC(=O)[C@H](CCCCN)NC(=O)[C@@H](NC(=O)[C@H](CC(C)C)NC(=O)[C@@H]1CCCN1C(=O)[C@@H]1CCCN1C(=O)[C@@H](NC(=O)[C@H](CC(N)=O)NC(=O)[C@@H](NC(=O)[C@H](Cc1ccccc1)NC(=O)[C@H](CCC(=O)O)NC(=O)[C@@H](N)Cc1c[nH]c2ccccc12)C(C)C)[C@@H](C)O)C(C)C)C(=O)N[C@@H](Cc1c[nH]c2ccccc12)C(=O)N[C@@H](Cc1ccc(O)cc1)C(=O)N[C@@H](CCC(N)=O)C(=O)O. The number of carbonyl (C=O) groups is 18. The Balaban J connectivity index is 0.930. The van der Waals surface area contributed by atoms with Gasteiger partial charge in [-0.05, 0) is 161 Å². The number of amides is 16. The van der Waals surface area contributed by atoms with Crippen molar-refractivity contribution in [2.45, 2.75) is 275 Å². The molecule has 16 amide bonds. The lowest BCUT2D eigenvalue weighted by molar-refractivity contribution is -0.149. The third-order valence-corrected chi connectivity index (χ3v) is 24.2. The quantitative estimate of drug-likeness (QED) is 0.0219. The number of unbranched alkanes of at least 4 members (excludes halogenated alkanes) is 1. The first-order chi connectivity index (χ1) is 65.4. The number of benzene rings is 4. The lowest BCUT2D eigenvalue weighted by Gasteiger charge is -2.34. The van der Waals surface area contributed by atoms with Crippen molar-refractivity contribution in [1.29, 1.82) is 0 Å². The van der Waals surface area contributed by atoms with E-state index in [1.54, 1.807) is 109 Å². The number of hydrogen-bond acceptors (Lipinski definition) is 22. The number of nitrogens with two attached hydrogens (primary N) is 4. The molecule has 0 unspecified atom stereocenters. The minimum absolute atomic E-state index is 0.00408. The maximum atomic E-state index is 15.0. The number of rotatable bonds is 54. The van der Waals surface area contributed by atoms with E-state index in [0.29, 0.717) is 39.6 Å². The summed E-state index contributed by atoms with van der Waals surface area (Å²) in [6.45, 7) is 14.7. The molecule has 2 saturated heterocycles. The Labute approximate surface area is 799 Å². The molecule has 6 aromatic rings. The minimum atomic E-state index is -1.89. The second kappa shape index (κ2) is 52.4. The molecule has 0 spiro atoms. The number of phenolic OH excluding ortho intramolecular Hbond substituents is 1. The molecule has 0 saturated carbocycles. The molecule has 42 nitrogen and oxygen atoms in total. The van der Waals surface area contributed by atoms with Crippen LogP contribution >= 0.6 is 0 Å². The molecule has 42 heteroatoms. The summed E-state index contributed by atoms with van der Waals surface area (Å²) in [4.78, 5) is 262. The average molecular weight is 1920 g/mol. The van der Waals surface area contributed by atoms with Crippen LogP contribution in [0.1, 0.15) is 174 Å². The van der Waals surface area contributed by atoms with Crippen molar-refractivity contribution in [1.82, 2.24) is 83.6 Å². The monoisotopic (exact) mass is 1920 g/mol. The number of aromatic nitrogens is 2. The van der Waals surface area contributed by atoms with E-state index in [1.165, 1.54) is 49.9 Å². The number of aromatic amines is 2. The number of H-pyrrole nitrogens is 2. The number of carbonyl (C=O) groups excluding carboxylic acids is 16. The summed E-state index contributed by atoms with van der Waals surface area (Å²) in [6.07, 6.45) is -0.500. The van der Waals surface area contributed by atoms with Crippen LogP contribution in [0.4, 0.5) is 0 Å². The van der Waals surface area contributed by atoms with Crippen LogP contribution in [0.5, 0.6) is 5.75 Å². The molecule has 4 aromatic carbocycles. The maximum Gasteiger partial charge on any atom is 0.326 e. The number of aromatic hydroxyl groups is 1. The molecule has 2 fully saturated rings. The van der Waals surface area contributed by atoms with Crippen molar-refractivity contribution < 1.29 is 107 Å². The molecule has 0 aliphatic carbocycles. The van der Waals surface area contributed by atoms with Gasteiger partial charge >= 0.3 is 11.9 Å². The molecule has 750 valence electrons. The number of para-hydroxylation sites is 2. The average Bonchev–Trinajstić information content (AvgIpc) is 1.63. The van der Waals surface area contributed by atoms with Crippen LogP contribution in [0.25, 0.3) is 21.8 Å². The van der Waals surface area contributed by atoms with Crippen LogP contribution < -0.4 is 86.7 Å². The third kappa shape index (κ3) is 32.4. The number of likely N-dealkylation sites (tertiary alicyclic amines) is 2. The topological polar surface area (TPSA) is 675 Å². The van der Waals surface area contributed by atoms with E-state index in [1.807, 2.05) is 24.3 Å². The molecule has 4 heterocycles. The number of phenols is 1. The number of carboxylic acid groups (broad SMARTS) is 2. The lowest BCUT2D eigenvalue weighted by atomic mass is 9.98. The van der Waals surface area contributed by atoms with Crippen molar-refractivity contribution in [3.63, 3.8) is 0 Å². The van der Waals surface area contributed by atoms with Crippen molar-refractivity contribution in [3.05, 3.63) is 138 Å². The summed E-state index contributed by atoms with van der Waals surface area (Å²) in [7, 11) is 0. The summed E-state index contributed by atoms with van der Waals surface area (Å²) >= 11 is 0. The number of nitrogens with zero attached hydrogens (tertiary/aromatic N) is 2. The van der Waals surface area contributed by atoms with Gasteiger partial charge in [-0.15, -0.1) is 0 Å². The third-order valence-electron chi connectivity index (χ3n) is 24.2. The fourth-order valence-corrected chi connectivity index (χ4v) is 16.8. The highest BCUT2D eigenvalue weighted by Gasteiger charge is 2.47. The first-order valence-electron chi connectivity index (χ1n) is 46.7. The van der Waals surface area contributed by atoms with E-state index in [4.69, 9.17) is 22.9 Å². The van der Waals surface area contributed by atoms with Gasteiger partial charge in [0.25, 0.3) is 0 Å². The van der Waals surface area contributed by atoms with Crippen molar-refractivity contribution in [3.8, 4) is 5.75 Å². The highest BCUT2D eigenvalue weighted by Crippen LogP contribution is 2.29. The van der Waals surface area contributed by atoms with Crippen molar-refractivity contribution >= 4 is 128 Å². The number of primary amides is 2. The van der Waals surface area contributed by atoms with Crippen molar-refractivity contribution in [2.24, 2.45) is 46.6 Å². The van der Waals surface area contributed by atoms with Gasteiger partial charge in [-0.3, -0.25) is 81.5 Å². The van der Waals surface area contributed by atoms with Gasteiger partial charge in [0, 0.05) is 79.4 Å². The van der Waals surface area contributed by atoms with E-state index in [-0.39, 0.29) is 114 Å². The molecule has 2 aromatic heterocycles. The number of aliphatic hydroxyl groups is 1. The molecule has 2 aliphatic rings. The second-order valence-electron chi connectivity index (χ2n) is 36.9. The van der Waals surface area contributed by atoms with Crippen LogP contribution in [0, 0.1) is 23.7 Å². The smallest absolute Gasteiger partial charge is 0.326 e. The lowest BCUT2D eigenvalue weighted by Crippen LogP contribution is -2.62. The number of nitrogens with one attached hydrogen (secondary N) is 14. The van der Waals surface area contributed by atoms with Crippen LogP contribution in [-0.4, -0.2) is 263 Å². The van der Waals surface area contributed by atoms with Crippen LogP contribution in [-0.2, 0) is 112 Å². The van der Waals surface area contributed by atoms with Gasteiger partial charge in [0.15, 0.2) is 0 Å². The zero-order chi connectivity index (χ0) is 101. The fraction of sp³-hybridized carbons (Fsp3) is 0.521. The van der Waals surface area contributed by atoms with Gasteiger partial charge < -0.3 is 127 Å². The van der Waals surface area contributed by atoms with E-state index in [9.17, 15) is 107 Å². The predicted octanol–water partition coefficient (Wildman–Crippen LogP) is -0.243. The summed E-state index contributed by atoms with van der Waals surface area (Å²) in [6, 6.07) is 6.10. The highest BCUT2D eigenvalue weighted by atomic mass is 16.4. The van der Waals surface area contributed by atoms with E-state index < -0.39 is 247 Å². The first kappa shape index (κ1) is 109. The molecular weight excluding hydrogens is 1790 g/mol. The number of aliphatic hydroxyl groups excluding tert-OH is 1. The summed E-state index contributed by atoms with van der Waals surface area (Å²) in [5.74, 6) is -19.6. The molecule has 16 atom stereocenters. The minimum Gasteiger partial charge on any atom is -0.508 e. The number of hydrogen-bond donors (Lipinski definition) is 22. The van der Waals surface area contributed by atoms with E-state index >= 15 is 0 Å². The standard InChI is InChI=1S/C96H134N20O22/c1-50(2)41-68(85(126)109-72(46-58-49-102-64-26-16-14-24-61(58)64)87(128)108-70(44-56-30-32-59(118)33-31-56)86(127)105-67(96(137)138)34-36-76(99)119)106-83(124)65(27-17-18-38-97)104-92(133)79(52(5)6)112-88(129)69(42-51(3)4)110-91(132)74-28-19-39-115(74)94(135)75-29-20-40-116(75)95(136)81(54(9)117)114-90(131)73(47-77(100)120)111-93(134)80(53(7)8)113-89(130)71(43-55-21-11-10-12-22-55)107-84(125)66(35-37-78(121)122)103-82(123)62(98)45-57-48-101-63-25-15-13-23-60(57)63/h10-16,21-26,30-33,48-54,62,65-75,79-81,101-102,117-118H,17-20,27-29,34-47,97-98H2,1-9H3,(H2,99,119)(H2,100,120)(H,103,123)(H,104,133)(H,105,127)(H,106,124)(H,107,125)(H,108,128)(H,109,126)(H,110,132)(H,111,134)(H,112,129)(H,113,130)(H,114,131)(H,121,122)(H,137,138)/t54-,62+,65+,66+,67+,68+,69+,70+,71+,72+,73+,74+,75+,79+,80+,81+/m1/s1. The fourth-order valence-electron chi connectivity index (χ4n) is 16.8. The number of aliphatic carboxylic acids is 2. The van der Waals surface area contributed by atoms with Crippen LogP contribution in [0.15, 0.2) is 116 Å². The Morgan fingerprint density at radius 1 is 0.413 bits per heavy atom. The van der Waals surface area contributed by atoms with Gasteiger partial charge in [0.05, 0.1) is 18.6 Å². The molecule has 8 rings (SSSR count). The van der Waals surface area contributed by atoms with E-state index in [0.717, 1.165) is 15.8 Å². The van der Waals surface area contributed by atoms with Crippen LogP contribution in [0.3, 0.4) is 0 Å². The maximum absolute atomic E-state index is 15.0. The Bertz CT molecular complexity index is 5280. The Hall–Kier alpha value is -13.9. The molecular formula is C96H134N20O22. The van der Waals surface area contributed by atoms with E-state index in [2.05, 4.69) is 73.8 Å². The molecule has 138 heavy (non-hydrogen) atoms. The van der Waals surface area contributed by atoms with Gasteiger partial charge in [0.1, 0.15) is 90.3 Å². The molecule has 0 radical (unpaired) electrons. The number of carboxylic acids is 2. The normalized spacial score (nSPS) is 16.7. The summed E-state index contributed by atoms with van der Waals surface area (Å²) in [5, 5.41) is 74.2. The molecule has 0 bridgehead atoms. The zero-order valence-electron chi connectivity index (χ0n) is 79.2.